The van der Waals surface area contributed by atoms with Crippen molar-refractivity contribution >= 4 is 16.9 Å². The zero-order valence-electron chi connectivity index (χ0n) is 25.9. The van der Waals surface area contributed by atoms with Crippen LogP contribution in [0.5, 0.6) is 0 Å². The number of fused-ring (bicyclic) bond motifs is 1. The van der Waals surface area contributed by atoms with Gasteiger partial charge in [-0.3, -0.25) is 4.79 Å². The van der Waals surface area contributed by atoms with Gasteiger partial charge < -0.3 is 14.4 Å². The highest BCUT2D eigenvalue weighted by molar-refractivity contribution is 5.98. The highest BCUT2D eigenvalue weighted by Crippen LogP contribution is 2.28. The number of aromatic nitrogens is 5. The molecule has 0 atom stereocenters. The van der Waals surface area contributed by atoms with Crippen molar-refractivity contribution in [2.75, 3.05) is 32.7 Å². The fourth-order valence-electron chi connectivity index (χ4n) is 5.77. The second-order valence-electron chi connectivity index (χ2n) is 12.6. The molecule has 2 aromatic carbocycles. The number of carbonyl (C=O) groups is 1. The van der Waals surface area contributed by atoms with E-state index in [0.29, 0.717) is 11.8 Å². The van der Waals surface area contributed by atoms with Crippen LogP contribution in [0.4, 0.5) is 0 Å². The average Bonchev–Trinajstić information content (AvgIpc) is 3.66. The lowest BCUT2D eigenvalue weighted by molar-refractivity contribution is 0.0741. The molecule has 2 aromatic heterocycles. The Morgan fingerprint density at radius 1 is 0.905 bits per heavy atom. The molecule has 0 radical (unpaired) electrons. The summed E-state index contributed by atoms with van der Waals surface area (Å²) in [6, 6.07) is 14.4. The van der Waals surface area contributed by atoms with E-state index in [1.54, 1.807) is 17.3 Å². The van der Waals surface area contributed by atoms with E-state index >= 15 is 0 Å². The number of nitrogens with zero attached hydrogens (tertiary/aromatic N) is 7. The van der Waals surface area contributed by atoms with Gasteiger partial charge in [0.05, 0.1) is 16.7 Å². The van der Waals surface area contributed by atoms with Gasteiger partial charge in [0.15, 0.2) is 0 Å². The van der Waals surface area contributed by atoms with Gasteiger partial charge in [-0.15, -0.1) is 0 Å². The molecule has 42 heavy (non-hydrogen) atoms. The van der Waals surface area contributed by atoms with Crippen molar-refractivity contribution in [3.8, 4) is 17.1 Å². The maximum Gasteiger partial charge on any atom is 0.253 e. The number of benzene rings is 2. The van der Waals surface area contributed by atoms with Crippen molar-refractivity contribution in [1.82, 2.24) is 34.1 Å². The van der Waals surface area contributed by atoms with Gasteiger partial charge in [0, 0.05) is 30.8 Å². The third-order valence-electron chi connectivity index (χ3n) is 8.35. The summed E-state index contributed by atoms with van der Waals surface area (Å²) in [5, 5.41) is 4.26. The summed E-state index contributed by atoms with van der Waals surface area (Å²) in [5.41, 5.74) is 4.72. The smallest absolute Gasteiger partial charge is 0.253 e. The van der Waals surface area contributed by atoms with Crippen molar-refractivity contribution in [2.24, 2.45) is 11.8 Å². The number of aryl methyl sites for hydroxylation is 1. The van der Waals surface area contributed by atoms with E-state index in [9.17, 15) is 4.79 Å². The Bertz CT molecular complexity index is 1400. The molecule has 0 spiro atoms. The summed E-state index contributed by atoms with van der Waals surface area (Å²) >= 11 is 0. The van der Waals surface area contributed by atoms with Gasteiger partial charge in [-0.1, -0.05) is 34.1 Å². The lowest BCUT2D eigenvalue weighted by Gasteiger charge is -2.26. The van der Waals surface area contributed by atoms with Gasteiger partial charge in [-0.05, 0) is 106 Å². The molecule has 1 amide bonds. The van der Waals surface area contributed by atoms with E-state index in [1.165, 1.54) is 32.4 Å². The van der Waals surface area contributed by atoms with Gasteiger partial charge in [-0.2, -0.15) is 5.10 Å². The fourth-order valence-corrected chi connectivity index (χ4v) is 5.77. The average molecular weight is 570 g/mol. The molecule has 0 bridgehead atoms. The third-order valence-corrected chi connectivity index (χ3v) is 8.35. The van der Waals surface area contributed by atoms with Crippen molar-refractivity contribution in [2.45, 2.75) is 72.8 Å². The molecule has 1 aliphatic rings. The van der Waals surface area contributed by atoms with Crippen LogP contribution in [0.15, 0.2) is 55.1 Å². The molecule has 1 saturated heterocycles. The standard InChI is InChI=1S/C34H47N7O/c1-26(2)15-21-39(22-16-27(3)4)34(42)29-11-14-31-32(23-29)40(20-8-19-38-17-6-5-7-18-38)33(37-31)28-9-12-30(13-10-28)41-25-35-24-36-41/h9-14,23-27H,5-8,15-22H2,1-4H3. The lowest BCUT2D eigenvalue weighted by Crippen LogP contribution is -2.34. The number of hydrogen-bond acceptors (Lipinski definition) is 5. The zero-order chi connectivity index (χ0) is 29.5. The minimum atomic E-state index is 0.123. The summed E-state index contributed by atoms with van der Waals surface area (Å²) in [6.45, 7) is 14.8. The van der Waals surface area contributed by atoms with Crippen molar-refractivity contribution in [1.29, 1.82) is 0 Å². The van der Waals surface area contributed by atoms with Crippen molar-refractivity contribution in [3.05, 3.63) is 60.7 Å². The molecule has 1 aliphatic heterocycles. The number of likely N-dealkylation sites (tertiary alicyclic amines) is 1. The Labute approximate surface area is 250 Å². The van der Waals surface area contributed by atoms with E-state index in [2.05, 4.69) is 82.5 Å². The van der Waals surface area contributed by atoms with Crippen LogP contribution >= 0.6 is 0 Å². The Morgan fingerprint density at radius 3 is 2.26 bits per heavy atom. The third kappa shape index (κ3) is 7.46. The second-order valence-corrected chi connectivity index (χ2v) is 12.6. The Balaban J connectivity index is 1.45. The van der Waals surface area contributed by atoms with Gasteiger partial charge in [-0.25, -0.2) is 14.6 Å². The predicted octanol–water partition coefficient (Wildman–Crippen LogP) is 6.69. The number of carbonyl (C=O) groups excluding carboxylic acids is 1. The highest BCUT2D eigenvalue weighted by Gasteiger charge is 2.20. The number of piperidine rings is 1. The molecule has 0 N–H and O–H groups in total. The van der Waals surface area contributed by atoms with Gasteiger partial charge in [0.25, 0.3) is 5.91 Å². The molecule has 224 valence electrons. The molecule has 0 unspecified atom stereocenters. The maximum atomic E-state index is 13.8. The lowest BCUT2D eigenvalue weighted by atomic mass is 10.1. The number of imidazole rings is 1. The van der Waals surface area contributed by atoms with Gasteiger partial charge in [0.2, 0.25) is 0 Å². The summed E-state index contributed by atoms with van der Waals surface area (Å²) in [6.07, 6.45) is 10.3. The molecule has 0 saturated carbocycles. The molecule has 1 fully saturated rings. The maximum absolute atomic E-state index is 13.8. The first-order chi connectivity index (χ1) is 20.4. The summed E-state index contributed by atoms with van der Waals surface area (Å²) in [7, 11) is 0. The minimum Gasteiger partial charge on any atom is -0.339 e. The van der Waals surface area contributed by atoms with Crippen LogP contribution in [0.1, 0.15) is 76.6 Å². The van der Waals surface area contributed by atoms with Crippen molar-refractivity contribution < 1.29 is 4.79 Å². The van der Waals surface area contributed by atoms with Crippen LogP contribution in [-0.2, 0) is 6.54 Å². The predicted molar refractivity (Wildman–Crippen MR) is 170 cm³/mol. The van der Waals surface area contributed by atoms with Crippen LogP contribution < -0.4 is 0 Å². The van der Waals surface area contributed by atoms with E-state index in [-0.39, 0.29) is 5.91 Å². The molecular formula is C34H47N7O. The first-order valence-corrected chi connectivity index (χ1v) is 15.9. The van der Waals surface area contributed by atoms with E-state index in [4.69, 9.17) is 4.98 Å². The van der Waals surface area contributed by atoms with E-state index in [1.807, 2.05) is 12.1 Å². The zero-order valence-corrected chi connectivity index (χ0v) is 25.9. The van der Waals surface area contributed by atoms with E-state index in [0.717, 1.165) is 79.1 Å². The SMILES string of the molecule is CC(C)CCN(CCC(C)C)C(=O)c1ccc2nc(-c3ccc(-n4cncn4)cc3)n(CCCN3CCCCC3)c2c1. The van der Waals surface area contributed by atoms with Crippen LogP contribution in [0.25, 0.3) is 28.1 Å². The minimum absolute atomic E-state index is 0.123. The highest BCUT2D eigenvalue weighted by atomic mass is 16.2. The van der Waals surface area contributed by atoms with E-state index < -0.39 is 0 Å². The molecule has 0 aliphatic carbocycles. The molecule has 3 heterocycles. The van der Waals surface area contributed by atoms with Crippen LogP contribution in [0.2, 0.25) is 0 Å². The molecule has 4 aromatic rings. The fraction of sp³-hybridized carbons (Fsp3) is 0.529. The summed E-state index contributed by atoms with van der Waals surface area (Å²) < 4.78 is 4.08. The number of rotatable bonds is 13. The molecule has 8 nitrogen and oxygen atoms in total. The first-order valence-electron chi connectivity index (χ1n) is 15.9. The Kier molecular flexibility index (Phi) is 10.1. The largest absolute Gasteiger partial charge is 0.339 e. The van der Waals surface area contributed by atoms with Crippen LogP contribution in [0, 0.1) is 11.8 Å². The van der Waals surface area contributed by atoms with Crippen molar-refractivity contribution in [3.63, 3.8) is 0 Å². The molecule has 8 heteroatoms. The first kappa shape index (κ1) is 30.0. The Morgan fingerprint density at radius 2 is 1.62 bits per heavy atom. The summed E-state index contributed by atoms with van der Waals surface area (Å²) in [5.74, 6) is 2.18. The van der Waals surface area contributed by atoms with Gasteiger partial charge >= 0.3 is 0 Å². The van der Waals surface area contributed by atoms with Crippen LogP contribution in [-0.4, -0.2) is 72.7 Å². The number of hydrogen-bond donors (Lipinski definition) is 0. The quantitative estimate of drug-likeness (QED) is 0.179. The number of amides is 1. The topological polar surface area (TPSA) is 72.1 Å². The monoisotopic (exact) mass is 569 g/mol. The van der Waals surface area contributed by atoms with Gasteiger partial charge in [0.1, 0.15) is 18.5 Å². The van der Waals surface area contributed by atoms with Crippen LogP contribution in [0.3, 0.4) is 0 Å². The normalized spacial score (nSPS) is 14.3. The Hall–Kier alpha value is -3.52. The molecular weight excluding hydrogens is 522 g/mol. The summed E-state index contributed by atoms with van der Waals surface area (Å²) in [4.78, 5) is 27.7. The molecule has 5 rings (SSSR count). The second kappa shape index (κ2) is 14.1.